The van der Waals surface area contributed by atoms with E-state index in [9.17, 15) is 9.59 Å². The van der Waals surface area contributed by atoms with Crippen LogP contribution < -0.4 is 10.7 Å². The molecule has 7 nitrogen and oxygen atoms in total. The van der Waals surface area contributed by atoms with Crippen molar-refractivity contribution < 1.29 is 14.3 Å². The third kappa shape index (κ3) is 3.89. The van der Waals surface area contributed by atoms with Gasteiger partial charge in [-0.1, -0.05) is 6.08 Å². The van der Waals surface area contributed by atoms with E-state index in [1.165, 1.54) is 19.3 Å². The Labute approximate surface area is 178 Å². The molecule has 0 aromatic carbocycles. The SMILES string of the molecule is O=C(NN1CCN(CCCNC(=O)C23CC4CC(CC2C4)C3)CC1)C1C=CC=CO1. The topological polar surface area (TPSA) is 73.9 Å². The second kappa shape index (κ2) is 8.35. The molecule has 0 aromatic heterocycles. The summed E-state index contributed by atoms with van der Waals surface area (Å²) in [5.74, 6) is 2.53. The predicted molar refractivity (Wildman–Crippen MR) is 113 cm³/mol. The first-order valence-corrected chi connectivity index (χ1v) is 11.7. The number of nitrogens with zero attached hydrogens (tertiary/aromatic N) is 2. The highest BCUT2D eigenvalue weighted by Crippen LogP contribution is 2.65. The molecule has 5 fully saturated rings. The van der Waals surface area contributed by atoms with Crippen molar-refractivity contribution in [3.8, 4) is 0 Å². The van der Waals surface area contributed by atoms with Crippen LogP contribution in [0.2, 0.25) is 0 Å². The van der Waals surface area contributed by atoms with E-state index in [1.54, 1.807) is 18.4 Å². The number of carbonyl (C=O) groups excluding carboxylic acids is 2. The highest BCUT2D eigenvalue weighted by molar-refractivity contribution is 5.84. The van der Waals surface area contributed by atoms with Crippen molar-refractivity contribution in [2.45, 2.75) is 44.6 Å². The number of rotatable bonds is 7. The van der Waals surface area contributed by atoms with Crippen molar-refractivity contribution in [2.75, 3.05) is 39.3 Å². The van der Waals surface area contributed by atoms with Crippen molar-refractivity contribution in [3.63, 3.8) is 0 Å². The number of ether oxygens (including phenoxy) is 1. The zero-order valence-corrected chi connectivity index (χ0v) is 17.7. The molecular formula is C23H34N4O3. The van der Waals surface area contributed by atoms with Crippen LogP contribution in [-0.4, -0.2) is 67.1 Å². The zero-order valence-electron chi connectivity index (χ0n) is 17.7. The van der Waals surface area contributed by atoms with Crippen LogP contribution >= 0.6 is 0 Å². The standard InChI is InChI=1S/C23H34N4O3/c28-21(20-4-1-2-11-30-20)25-27-9-7-26(8-10-27)6-3-5-24-22(29)23-15-17-12-18(16-23)14-19(23)13-17/h1-2,4,11,17-20H,3,5-10,12-16H2,(H,24,29)(H,25,28). The molecule has 4 aliphatic carbocycles. The molecule has 30 heavy (non-hydrogen) atoms. The molecule has 0 radical (unpaired) electrons. The first-order chi connectivity index (χ1) is 14.6. The Morgan fingerprint density at radius 1 is 1.03 bits per heavy atom. The van der Waals surface area contributed by atoms with E-state index >= 15 is 0 Å². The second-order valence-electron chi connectivity index (χ2n) is 9.88. The van der Waals surface area contributed by atoms with Gasteiger partial charge >= 0.3 is 0 Å². The minimum absolute atomic E-state index is 0.00948. The Morgan fingerprint density at radius 3 is 2.50 bits per heavy atom. The van der Waals surface area contributed by atoms with Crippen LogP contribution in [0.3, 0.4) is 0 Å². The maximum Gasteiger partial charge on any atom is 0.279 e. The van der Waals surface area contributed by atoms with Gasteiger partial charge < -0.3 is 15.0 Å². The van der Waals surface area contributed by atoms with Crippen LogP contribution in [-0.2, 0) is 14.3 Å². The number of piperazine rings is 1. The van der Waals surface area contributed by atoms with E-state index in [-0.39, 0.29) is 11.3 Å². The fourth-order valence-electron chi connectivity index (χ4n) is 6.69. The molecule has 2 aliphatic heterocycles. The maximum atomic E-state index is 13.0. The van der Waals surface area contributed by atoms with E-state index in [2.05, 4.69) is 15.6 Å². The molecule has 4 bridgehead atoms. The maximum absolute atomic E-state index is 13.0. The van der Waals surface area contributed by atoms with Gasteiger partial charge in [0.2, 0.25) is 5.91 Å². The van der Waals surface area contributed by atoms with Crippen molar-refractivity contribution in [3.05, 3.63) is 24.5 Å². The summed E-state index contributed by atoms with van der Waals surface area (Å²) >= 11 is 0. The van der Waals surface area contributed by atoms with Gasteiger partial charge in [0.25, 0.3) is 5.91 Å². The molecule has 0 aromatic rings. The third-order valence-corrected chi connectivity index (χ3v) is 7.98. The van der Waals surface area contributed by atoms with E-state index in [1.807, 2.05) is 11.1 Å². The Morgan fingerprint density at radius 2 is 1.80 bits per heavy atom. The Bertz CT molecular complexity index is 714. The largest absolute Gasteiger partial charge is 0.484 e. The molecule has 3 atom stereocenters. The van der Waals surface area contributed by atoms with Gasteiger partial charge in [0.1, 0.15) is 0 Å². The average molecular weight is 415 g/mol. The van der Waals surface area contributed by atoms with Crippen molar-refractivity contribution in [1.29, 1.82) is 0 Å². The van der Waals surface area contributed by atoms with E-state index in [0.29, 0.717) is 11.8 Å². The number of carbonyl (C=O) groups is 2. The number of nitrogens with one attached hydrogen (secondary N) is 2. The smallest absolute Gasteiger partial charge is 0.279 e. The van der Waals surface area contributed by atoms with Gasteiger partial charge in [-0.25, -0.2) is 5.01 Å². The summed E-state index contributed by atoms with van der Waals surface area (Å²) in [5, 5.41) is 5.25. The number of hydrazine groups is 1. The van der Waals surface area contributed by atoms with Crippen LogP contribution in [0.1, 0.15) is 38.5 Å². The first kappa shape index (κ1) is 20.1. The fourth-order valence-corrected chi connectivity index (χ4v) is 6.69. The highest BCUT2D eigenvalue weighted by atomic mass is 16.5. The van der Waals surface area contributed by atoms with E-state index < -0.39 is 6.10 Å². The highest BCUT2D eigenvalue weighted by Gasteiger charge is 2.61. The molecule has 1 saturated heterocycles. The summed E-state index contributed by atoms with van der Waals surface area (Å²) in [7, 11) is 0. The van der Waals surface area contributed by atoms with Crippen LogP contribution in [0.5, 0.6) is 0 Å². The van der Waals surface area contributed by atoms with Crippen molar-refractivity contribution in [1.82, 2.24) is 20.7 Å². The van der Waals surface area contributed by atoms with Crippen molar-refractivity contribution >= 4 is 11.8 Å². The predicted octanol–water partition coefficient (Wildman–Crippen LogP) is 1.44. The van der Waals surface area contributed by atoms with E-state index in [0.717, 1.165) is 70.4 Å². The van der Waals surface area contributed by atoms with Crippen LogP contribution in [0.15, 0.2) is 24.5 Å². The second-order valence-corrected chi connectivity index (χ2v) is 9.88. The van der Waals surface area contributed by atoms with Gasteiger partial charge in [-0.15, -0.1) is 0 Å². The van der Waals surface area contributed by atoms with Gasteiger partial charge in [0, 0.05) is 32.7 Å². The van der Waals surface area contributed by atoms with Crippen LogP contribution in [0.4, 0.5) is 0 Å². The Kier molecular flexibility index (Phi) is 5.58. The third-order valence-electron chi connectivity index (χ3n) is 7.98. The normalized spacial score (nSPS) is 37.3. The van der Waals surface area contributed by atoms with Gasteiger partial charge in [0.15, 0.2) is 6.10 Å². The molecule has 0 spiro atoms. The van der Waals surface area contributed by atoms with Crippen molar-refractivity contribution in [2.24, 2.45) is 23.2 Å². The lowest BCUT2D eigenvalue weighted by molar-refractivity contribution is -0.133. The molecule has 2 heterocycles. The quantitative estimate of drug-likeness (QED) is 0.617. The van der Waals surface area contributed by atoms with Crippen LogP contribution in [0, 0.1) is 23.2 Å². The summed E-state index contributed by atoms with van der Waals surface area (Å²) in [4.78, 5) is 27.6. The first-order valence-electron chi connectivity index (χ1n) is 11.7. The number of hydrogen-bond donors (Lipinski definition) is 2. The zero-order chi connectivity index (χ0) is 20.6. The van der Waals surface area contributed by atoms with Gasteiger partial charge in [-0.2, -0.15) is 0 Å². The summed E-state index contributed by atoms with van der Waals surface area (Å²) in [6.07, 6.45) is 13.6. The summed E-state index contributed by atoms with van der Waals surface area (Å²) < 4.78 is 5.31. The van der Waals surface area contributed by atoms with E-state index in [4.69, 9.17) is 4.74 Å². The minimum atomic E-state index is -0.540. The lowest BCUT2D eigenvalue weighted by Crippen LogP contribution is -2.55. The molecule has 3 unspecified atom stereocenters. The number of amides is 2. The van der Waals surface area contributed by atoms with Crippen LogP contribution in [0.25, 0.3) is 0 Å². The lowest BCUT2D eigenvalue weighted by Gasteiger charge is -2.35. The molecular weight excluding hydrogens is 380 g/mol. The summed E-state index contributed by atoms with van der Waals surface area (Å²) in [6, 6.07) is 0. The van der Waals surface area contributed by atoms with Gasteiger partial charge in [-0.05, 0) is 75.0 Å². The number of hydrogen-bond acceptors (Lipinski definition) is 5. The summed E-state index contributed by atoms with van der Waals surface area (Å²) in [5.41, 5.74) is 2.94. The molecule has 6 aliphatic rings. The monoisotopic (exact) mass is 414 g/mol. The molecule has 164 valence electrons. The molecule has 2 amide bonds. The number of allylic oxidation sites excluding steroid dienone is 2. The molecule has 2 N–H and O–H groups in total. The minimum Gasteiger partial charge on any atom is -0.484 e. The molecule has 4 saturated carbocycles. The average Bonchev–Trinajstić information content (AvgIpc) is 3.17. The van der Waals surface area contributed by atoms with Gasteiger partial charge in [0.05, 0.1) is 11.7 Å². The fraction of sp³-hybridized carbons (Fsp3) is 0.739. The summed E-state index contributed by atoms with van der Waals surface area (Å²) in [6.45, 7) is 5.22. The Hall–Kier alpha value is -1.86. The van der Waals surface area contributed by atoms with Gasteiger partial charge in [-0.3, -0.25) is 15.0 Å². The Balaban J connectivity index is 0.980. The lowest BCUT2D eigenvalue weighted by atomic mass is 9.75. The molecule has 6 rings (SSSR count). The molecule has 7 heteroatoms.